The average molecular weight is 240 g/mol. The first-order valence-corrected chi connectivity index (χ1v) is 6.43. The third kappa shape index (κ3) is 3.72. The van der Waals surface area contributed by atoms with Gasteiger partial charge in [-0.3, -0.25) is 0 Å². The number of hydrogen-bond donors (Lipinski definition) is 1. The Balaban J connectivity index is 2.60. The van der Waals surface area contributed by atoms with Crippen LogP contribution in [0.3, 0.4) is 0 Å². The molecule has 1 rings (SSSR count). The third-order valence-electron chi connectivity index (χ3n) is 2.82. The molecule has 0 heterocycles. The van der Waals surface area contributed by atoms with E-state index in [2.05, 4.69) is 0 Å². The van der Waals surface area contributed by atoms with Crippen molar-refractivity contribution in [3.8, 4) is 5.75 Å². The smallest absolute Gasteiger partial charge is 0.119 e. The Hall–Kier alpha value is -0.670. The summed E-state index contributed by atoms with van der Waals surface area (Å²) in [5.41, 5.74) is -0.631. The van der Waals surface area contributed by atoms with Crippen LogP contribution in [0.1, 0.15) is 20.8 Å². The lowest BCUT2D eigenvalue weighted by molar-refractivity contribution is 0.0376. The SMILES string of the molecule is COc1cccc(SCC(C)(O)C(C)C)c1. The van der Waals surface area contributed by atoms with Crippen LogP contribution in [0.15, 0.2) is 29.2 Å². The second-order valence-corrected chi connectivity index (χ2v) is 5.53. The minimum absolute atomic E-state index is 0.255. The van der Waals surface area contributed by atoms with Crippen LogP contribution in [0, 0.1) is 5.92 Å². The molecule has 0 amide bonds. The molecule has 0 radical (unpaired) electrons. The number of hydrogen-bond acceptors (Lipinski definition) is 3. The summed E-state index contributed by atoms with van der Waals surface area (Å²) in [5.74, 6) is 1.80. The molecule has 0 bridgehead atoms. The Bertz CT molecular complexity index is 334. The molecule has 1 unspecified atom stereocenters. The monoisotopic (exact) mass is 240 g/mol. The zero-order valence-electron chi connectivity index (χ0n) is 10.4. The maximum atomic E-state index is 10.1. The second kappa shape index (κ2) is 5.60. The zero-order valence-corrected chi connectivity index (χ0v) is 11.2. The summed E-state index contributed by atoms with van der Waals surface area (Å²) < 4.78 is 5.16. The van der Waals surface area contributed by atoms with Crippen molar-refractivity contribution in [2.75, 3.05) is 12.9 Å². The molecule has 0 aliphatic rings. The molecular formula is C13H20O2S. The van der Waals surface area contributed by atoms with E-state index >= 15 is 0 Å². The van der Waals surface area contributed by atoms with Crippen LogP contribution in [-0.4, -0.2) is 23.6 Å². The Morgan fingerprint density at radius 2 is 2.12 bits per heavy atom. The van der Waals surface area contributed by atoms with Gasteiger partial charge in [0.2, 0.25) is 0 Å². The van der Waals surface area contributed by atoms with Crippen LogP contribution in [0.5, 0.6) is 5.75 Å². The van der Waals surface area contributed by atoms with Gasteiger partial charge in [0.1, 0.15) is 5.75 Å². The molecule has 0 saturated heterocycles. The number of thioether (sulfide) groups is 1. The number of methoxy groups -OCH3 is 1. The Morgan fingerprint density at radius 1 is 1.44 bits per heavy atom. The van der Waals surface area contributed by atoms with Crippen molar-refractivity contribution in [2.45, 2.75) is 31.3 Å². The van der Waals surface area contributed by atoms with Gasteiger partial charge in [-0.05, 0) is 31.0 Å². The molecule has 0 aromatic heterocycles. The van der Waals surface area contributed by atoms with Crippen LogP contribution in [0.4, 0.5) is 0 Å². The molecule has 1 aromatic carbocycles. The molecule has 90 valence electrons. The van der Waals surface area contributed by atoms with Crippen LogP contribution >= 0.6 is 11.8 Å². The minimum Gasteiger partial charge on any atom is -0.497 e. The zero-order chi connectivity index (χ0) is 12.2. The topological polar surface area (TPSA) is 29.5 Å². The van der Waals surface area contributed by atoms with Crippen molar-refractivity contribution < 1.29 is 9.84 Å². The highest BCUT2D eigenvalue weighted by atomic mass is 32.2. The van der Waals surface area contributed by atoms with E-state index < -0.39 is 5.60 Å². The lowest BCUT2D eigenvalue weighted by atomic mass is 9.95. The average Bonchev–Trinajstić information content (AvgIpc) is 2.26. The first-order chi connectivity index (χ1) is 7.45. The van der Waals surface area contributed by atoms with Crippen molar-refractivity contribution in [3.05, 3.63) is 24.3 Å². The molecule has 0 spiro atoms. The van der Waals surface area contributed by atoms with E-state index in [4.69, 9.17) is 4.74 Å². The summed E-state index contributed by atoms with van der Waals surface area (Å²) in [4.78, 5) is 1.13. The fourth-order valence-corrected chi connectivity index (χ4v) is 2.25. The van der Waals surface area contributed by atoms with E-state index in [1.807, 2.05) is 45.0 Å². The van der Waals surface area contributed by atoms with Gasteiger partial charge in [-0.2, -0.15) is 0 Å². The maximum Gasteiger partial charge on any atom is 0.119 e. The Labute approximate surface area is 102 Å². The van der Waals surface area contributed by atoms with Gasteiger partial charge in [0.15, 0.2) is 0 Å². The number of rotatable bonds is 5. The van der Waals surface area contributed by atoms with E-state index in [-0.39, 0.29) is 5.92 Å². The Morgan fingerprint density at radius 3 is 2.69 bits per heavy atom. The summed E-state index contributed by atoms with van der Waals surface area (Å²) in [6, 6.07) is 7.90. The van der Waals surface area contributed by atoms with E-state index in [9.17, 15) is 5.11 Å². The molecule has 1 atom stereocenters. The van der Waals surface area contributed by atoms with Gasteiger partial charge in [-0.15, -0.1) is 11.8 Å². The van der Waals surface area contributed by atoms with Gasteiger partial charge < -0.3 is 9.84 Å². The number of benzene rings is 1. The van der Waals surface area contributed by atoms with Crippen molar-refractivity contribution in [3.63, 3.8) is 0 Å². The molecule has 0 saturated carbocycles. The van der Waals surface area contributed by atoms with Crippen molar-refractivity contribution >= 4 is 11.8 Å². The molecular weight excluding hydrogens is 220 g/mol. The molecule has 3 heteroatoms. The van der Waals surface area contributed by atoms with E-state index in [0.717, 1.165) is 10.6 Å². The van der Waals surface area contributed by atoms with Gasteiger partial charge in [-0.1, -0.05) is 19.9 Å². The van der Waals surface area contributed by atoms with Gasteiger partial charge in [0.25, 0.3) is 0 Å². The molecule has 0 aliphatic carbocycles. The number of aliphatic hydroxyl groups is 1. The van der Waals surface area contributed by atoms with Crippen molar-refractivity contribution in [2.24, 2.45) is 5.92 Å². The minimum atomic E-state index is -0.631. The van der Waals surface area contributed by atoms with Gasteiger partial charge in [0, 0.05) is 10.6 Å². The first-order valence-electron chi connectivity index (χ1n) is 5.45. The highest BCUT2D eigenvalue weighted by Crippen LogP contribution is 2.28. The summed E-state index contributed by atoms with van der Waals surface area (Å²) in [6.07, 6.45) is 0. The summed E-state index contributed by atoms with van der Waals surface area (Å²) in [6.45, 7) is 5.95. The summed E-state index contributed by atoms with van der Waals surface area (Å²) in [7, 11) is 1.66. The first kappa shape index (κ1) is 13.4. The van der Waals surface area contributed by atoms with Gasteiger partial charge >= 0.3 is 0 Å². The molecule has 16 heavy (non-hydrogen) atoms. The van der Waals surface area contributed by atoms with E-state index in [1.54, 1.807) is 18.9 Å². The van der Waals surface area contributed by atoms with Gasteiger partial charge in [-0.25, -0.2) is 0 Å². The predicted molar refractivity (Wildman–Crippen MR) is 69.2 cm³/mol. The van der Waals surface area contributed by atoms with Crippen molar-refractivity contribution in [1.82, 2.24) is 0 Å². The molecule has 2 nitrogen and oxygen atoms in total. The van der Waals surface area contributed by atoms with Gasteiger partial charge in [0.05, 0.1) is 12.7 Å². The predicted octanol–water partition coefficient (Wildman–Crippen LogP) is 3.19. The summed E-state index contributed by atoms with van der Waals surface area (Å²) >= 11 is 1.66. The quantitative estimate of drug-likeness (QED) is 0.801. The largest absolute Gasteiger partial charge is 0.497 e. The highest BCUT2D eigenvalue weighted by Gasteiger charge is 2.24. The van der Waals surface area contributed by atoms with Crippen LogP contribution in [0.2, 0.25) is 0 Å². The lowest BCUT2D eigenvalue weighted by Gasteiger charge is -2.27. The molecule has 1 N–H and O–H groups in total. The highest BCUT2D eigenvalue weighted by molar-refractivity contribution is 7.99. The second-order valence-electron chi connectivity index (χ2n) is 4.48. The molecule has 1 aromatic rings. The molecule has 0 fully saturated rings. The standard InChI is InChI=1S/C13H20O2S/c1-10(2)13(3,14)9-16-12-7-5-6-11(8-12)15-4/h5-8,10,14H,9H2,1-4H3. The lowest BCUT2D eigenvalue weighted by Crippen LogP contribution is -2.33. The van der Waals surface area contributed by atoms with Crippen LogP contribution in [-0.2, 0) is 0 Å². The molecule has 0 aliphatic heterocycles. The fraction of sp³-hybridized carbons (Fsp3) is 0.538. The van der Waals surface area contributed by atoms with Crippen LogP contribution in [0.25, 0.3) is 0 Å². The maximum absolute atomic E-state index is 10.1. The van der Waals surface area contributed by atoms with Crippen molar-refractivity contribution in [1.29, 1.82) is 0 Å². The number of ether oxygens (including phenoxy) is 1. The van der Waals surface area contributed by atoms with E-state index in [1.165, 1.54) is 0 Å². The fourth-order valence-electron chi connectivity index (χ4n) is 1.09. The van der Waals surface area contributed by atoms with Crippen LogP contribution < -0.4 is 4.74 Å². The Kier molecular flexibility index (Phi) is 4.69. The normalized spacial score (nSPS) is 14.9. The third-order valence-corrected chi connectivity index (χ3v) is 4.13. The van der Waals surface area contributed by atoms with E-state index in [0.29, 0.717) is 5.75 Å². The summed E-state index contributed by atoms with van der Waals surface area (Å²) in [5, 5.41) is 10.1.